The van der Waals surface area contributed by atoms with E-state index in [2.05, 4.69) is 0 Å². The molecule has 1 atom stereocenters. The van der Waals surface area contributed by atoms with Crippen LogP contribution in [-0.2, 0) is 14.3 Å². The fourth-order valence-electron chi connectivity index (χ4n) is 0.851. The SMILES string of the molecule is CC(C)(C)OC(=O)N[C@@H](CC(N)=O)C(=O)O.Cl. The van der Waals surface area contributed by atoms with Crippen LogP contribution in [0.2, 0.25) is 0 Å². The van der Waals surface area contributed by atoms with Crippen molar-refractivity contribution in [1.29, 1.82) is 0 Å². The number of primary amides is 1. The van der Waals surface area contributed by atoms with Gasteiger partial charge in [0.15, 0.2) is 0 Å². The van der Waals surface area contributed by atoms with Crippen LogP contribution < -0.4 is 11.1 Å². The lowest BCUT2D eigenvalue weighted by molar-refractivity contribution is -0.141. The first-order valence-electron chi connectivity index (χ1n) is 4.62. The molecular weight excluding hydrogens is 252 g/mol. The number of hydrogen-bond acceptors (Lipinski definition) is 4. The maximum atomic E-state index is 11.2. The molecule has 0 aliphatic rings. The predicted molar refractivity (Wildman–Crippen MR) is 61.9 cm³/mol. The van der Waals surface area contributed by atoms with E-state index in [9.17, 15) is 14.4 Å². The lowest BCUT2D eigenvalue weighted by Crippen LogP contribution is -2.45. The highest BCUT2D eigenvalue weighted by molar-refractivity contribution is 5.86. The number of carbonyl (C=O) groups is 3. The number of halogens is 1. The molecule has 0 saturated heterocycles. The highest BCUT2D eigenvalue weighted by Crippen LogP contribution is 2.07. The quantitative estimate of drug-likeness (QED) is 0.676. The predicted octanol–water partition coefficient (Wildman–Crippen LogP) is 0.262. The Hall–Kier alpha value is -1.50. The Labute approximate surface area is 105 Å². The average molecular weight is 269 g/mol. The summed E-state index contributed by atoms with van der Waals surface area (Å²) in [6, 6.07) is -1.37. The van der Waals surface area contributed by atoms with Gasteiger partial charge in [-0.25, -0.2) is 9.59 Å². The summed E-state index contributed by atoms with van der Waals surface area (Å²) in [6.07, 6.45) is -1.38. The molecule has 0 aromatic heterocycles. The van der Waals surface area contributed by atoms with Gasteiger partial charge >= 0.3 is 12.1 Å². The molecule has 4 N–H and O–H groups in total. The third-order valence-electron chi connectivity index (χ3n) is 1.39. The fourth-order valence-corrected chi connectivity index (χ4v) is 0.851. The summed E-state index contributed by atoms with van der Waals surface area (Å²) in [7, 11) is 0. The zero-order chi connectivity index (χ0) is 12.9. The van der Waals surface area contributed by atoms with Crippen LogP contribution in [0.4, 0.5) is 4.79 Å². The van der Waals surface area contributed by atoms with Crippen LogP contribution in [0, 0.1) is 0 Å². The average Bonchev–Trinajstić information content (AvgIpc) is 1.97. The minimum absolute atomic E-state index is 0. The lowest BCUT2D eigenvalue weighted by Gasteiger charge is -2.21. The summed E-state index contributed by atoms with van der Waals surface area (Å²) in [5.41, 5.74) is 4.10. The van der Waals surface area contributed by atoms with Crippen LogP contribution >= 0.6 is 12.4 Å². The summed E-state index contributed by atoms with van der Waals surface area (Å²) in [5, 5.41) is 10.7. The van der Waals surface area contributed by atoms with Crippen LogP contribution in [-0.4, -0.2) is 34.7 Å². The normalized spacial score (nSPS) is 11.9. The van der Waals surface area contributed by atoms with Gasteiger partial charge in [0.2, 0.25) is 5.91 Å². The van der Waals surface area contributed by atoms with Crippen molar-refractivity contribution in [2.24, 2.45) is 5.73 Å². The second kappa shape index (κ2) is 6.95. The number of hydrogen-bond donors (Lipinski definition) is 3. The Morgan fingerprint density at radius 3 is 2.12 bits per heavy atom. The van der Waals surface area contributed by atoms with Gasteiger partial charge in [-0.2, -0.15) is 0 Å². The van der Waals surface area contributed by atoms with Gasteiger partial charge in [-0.3, -0.25) is 4.79 Å². The van der Waals surface area contributed by atoms with E-state index in [0.717, 1.165) is 0 Å². The monoisotopic (exact) mass is 268 g/mol. The second-order valence-corrected chi connectivity index (χ2v) is 4.21. The van der Waals surface area contributed by atoms with Gasteiger partial charge in [-0.1, -0.05) is 0 Å². The molecule has 0 spiro atoms. The van der Waals surface area contributed by atoms with Gasteiger partial charge < -0.3 is 20.9 Å². The summed E-state index contributed by atoms with van der Waals surface area (Å²) in [4.78, 5) is 32.4. The summed E-state index contributed by atoms with van der Waals surface area (Å²) in [6.45, 7) is 4.91. The molecule has 7 nitrogen and oxygen atoms in total. The van der Waals surface area contributed by atoms with Crippen molar-refractivity contribution in [2.45, 2.75) is 38.8 Å². The molecule has 0 aliphatic heterocycles. The van der Waals surface area contributed by atoms with Gasteiger partial charge in [0.05, 0.1) is 6.42 Å². The molecule has 0 bridgehead atoms. The molecule has 0 rings (SSSR count). The van der Waals surface area contributed by atoms with E-state index in [1.54, 1.807) is 20.8 Å². The molecular formula is C9H17ClN2O5. The highest BCUT2D eigenvalue weighted by atomic mass is 35.5. The number of amides is 2. The number of carboxylic acids is 1. The lowest BCUT2D eigenvalue weighted by atomic mass is 10.2. The number of aliphatic carboxylic acids is 1. The second-order valence-electron chi connectivity index (χ2n) is 4.21. The number of carboxylic acid groups (broad SMARTS) is 1. The fraction of sp³-hybridized carbons (Fsp3) is 0.667. The van der Waals surface area contributed by atoms with Crippen molar-refractivity contribution in [3.8, 4) is 0 Å². The maximum Gasteiger partial charge on any atom is 0.408 e. The Balaban J connectivity index is 0. The van der Waals surface area contributed by atoms with Crippen LogP contribution in [0.3, 0.4) is 0 Å². The van der Waals surface area contributed by atoms with E-state index >= 15 is 0 Å². The number of rotatable bonds is 4. The molecule has 8 heteroatoms. The Morgan fingerprint density at radius 2 is 1.82 bits per heavy atom. The van der Waals surface area contributed by atoms with Gasteiger partial charge in [0.1, 0.15) is 11.6 Å². The van der Waals surface area contributed by atoms with E-state index in [4.69, 9.17) is 15.6 Å². The van der Waals surface area contributed by atoms with Crippen molar-refractivity contribution in [1.82, 2.24) is 5.32 Å². The zero-order valence-corrected chi connectivity index (χ0v) is 10.7. The number of carbonyl (C=O) groups excluding carboxylic acids is 2. The molecule has 2 amide bonds. The van der Waals surface area contributed by atoms with Crippen molar-refractivity contribution >= 4 is 30.4 Å². The Morgan fingerprint density at radius 1 is 1.35 bits per heavy atom. The number of ether oxygens (including phenoxy) is 1. The van der Waals surface area contributed by atoms with Gasteiger partial charge in [0, 0.05) is 0 Å². The van der Waals surface area contributed by atoms with Crippen LogP contribution in [0.25, 0.3) is 0 Å². The molecule has 100 valence electrons. The van der Waals surface area contributed by atoms with E-state index in [1.165, 1.54) is 0 Å². The number of alkyl carbamates (subject to hydrolysis) is 1. The third kappa shape index (κ3) is 9.43. The van der Waals surface area contributed by atoms with Crippen LogP contribution in [0.15, 0.2) is 0 Å². The molecule has 0 aromatic rings. The third-order valence-corrected chi connectivity index (χ3v) is 1.39. The van der Waals surface area contributed by atoms with Crippen LogP contribution in [0.5, 0.6) is 0 Å². The minimum atomic E-state index is -1.37. The Bertz CT molecular complexity index is 300. The van der Waals surface area contributed by atoms with E-state index < -0.39 is 36.0 Å². The Kier molecular flexibility index (Phi) is 7.31. The first kappa shape index (κ1) is 17.9. The molecule has 0 fully saturated rings. The highest BCUT2D eigenvalue weighted by Gasteiger charge is 2.25. The van der Waals surface area contributed by atoms with Crippen LogP contribution in [0.1, 0.15) is 27.2 Å². The zero-order valence-electron chi connectivity index (χ0n) is 9.85. The first-order valence-corrected chi connectivity index (χ1v) is 4.62. The molecule has 0 radical (unpaired) electrons. The number of nitrogens with two attached hydrogens (primary N) is 1. The van der Waals surface area contributed by atoms with Gasteiger partial charge in [0.25, 0.3) is 0 Å². The van der Waals surface area contributed by atoms with E-state index in [0.29, 0.717) is 0 Å². The molecule has 0 heterocycles. The van der Waals surface area contributed by atoms with Gasteiger partial charge in [-0.05, 0) is 20.8 Å². The molecule has 17 heavy (non-hydrogen) atoms. The van der Waals surface area contributed by atoms with E-state index in [1.807, 2.05) is 5.32 Å². The summed E-state index contributed by atoms with van der Waals surface area (Å²) >= 11 is 0. The number of nitrogens with one attached hydrogen (secondary N) is 1. The summed E-state index contributed by atoms with van der Waals surface area (Å²) in [5.74, 6) is -2.16. The standard InChI is InChI=1S/C9H16N2O5.ClH/c1-9(2,3)16-8(15)11-5(7(13)14)4-6(10)12;/h5H,4H2,1-3H3,(H2,10,12)(H,11,15)(H,13,14);1H/t5-;/m0./s1. The minimum Gasteiger partial charge on any atom is -0.480 e. The largest absolute Gasteiger partial charge is 0.480 e. The first-order chi connectivity index (χ1) is 7.11. The van der Waals surface area contributed by atoms with E-state index in [-0.39, 0.29) is 12.4 Å². The van der Waals surface area contributed by atoms with Crippen molar-refractivity contribution in [3.05, 3.63) is 0 Å². The molecule has 0 saturated carbocycles. The molecule has 0 aromatic carbocycles. The summed E-state index contributed by atoms with van der Waals surface area (Å²) < 4.78 is 4.83. The van der Waals surface area contributed by atoms with Gasteiger partial charge in [-0.15, -0.1) is 12.4 Å². The van der Waals surface area contributed by atoms with Crippen molar-refractivity contribution < 1.29 is 24.2 Å². The van der Waals surface area contributed by atoms with Crippen molar-refractivity contribution in [2.75, 3.05) is 0 Å². The maximum absolute atomic E-state index is 11.2. The molecule has 0 unspecified atom stereocenters. The topological polar surface area (TPSA) is 119 Å². The molecule has 0 aliphatic carbocycles. The van der Waals surface area contributed by atoms with Crippen molar-refractivity contribution in [3.63, 3.8) is 0 Å². The smallest absolute Gasteiger partial charge is 0.408 e.